The Morgan fingerprint density at radius 1 is 0.870 bits per heavy atom. The molecular formula is C21H30O2. The molecule has 1 unspecified atom stereocenters. The Bertz CT molecular complexity index is 556. The summed E-state index contributed by atoms with van der Waals surface area (Å²) in [5.41, 5.74) is -0.116. The van der Waals surface area contributed by atoms with Crippen LogP contribution in [0.3, 0.4) is 0 Å². The lowest BCUT2D eigenvalue weighted by Crippen LogP contribution is -2.46. The van der Waals surface area contributed by atoms with E-state index in [9.17, 15) is 4.79 Å². The van der Waals surface area contributed by atoms with E-state index in [0.717, 1.165) is 41.9 Å². The van der Waals surface area contributed by atoms with Crippen LogP contribution in [0.2, 0.25) is 0 Å². The normalized spacial score (nSPS) is 61.3. The van der Waals surface area contributed by atoms with Crippen LogP contribution in [0.25, 0.3) is 0 Å². The van der Waals surface area contributed by atoms with Crippen LogP contribution in [-0.2, 0) is 9.53 Å². The second kappa shape index (κ2) is 4.35. The highest BCUT2D eigenvalue weighted by Gasteiger charge is 2.67. The molecule has 0 amide bonds. The number of hydrogen-bond acceptors (Lipinski definition) is 2. The Kier molecular flexibility index (Phi) is 2.60. The molecule has 0 aliphatic heterocycles. The molecule has 6 rings (SSSR count). The second-order valence-corrected chi connectivity index (χ2v) is 10.3. The zero-order valence-electron chi connectivity index (χ0n) is 14.4. The average Bonchev–Trinajstić information content (AvgIpc) is 3.31. The van der Waals surface area contributed by atoms with Crippen molar-refractivity contribution in [2.45, 2.75) is 70.3 Å². The van der Waals surface area contributed by atoms with Crippen LogP contribution in [0.5, 0.6) is 0 Å². The summed E-state index contributed by atoms with van der Waals surface area (Å²) < 4.78 is 6.35. The minimum atomic E-state index is -0.116. The summed E-state index contributed by atoms with van der Waals surface area (Å²) >= 11 is 0. The van der Waals surface area contributed by atoms with Crippen molar-refractivity contribution in [3.8, 4) is 0 Å². The molecule has 6 bridgehead atoms. The first-order valence-electron chi connectivity index (χ1n) is 10.4. The van der Waals surface area contributed by atoms with Gasteiger partial charge in [0.05, 0.1) is 5.92 Å². The Morgan fingerprint density at radius 2 is 1.65 bits per heavy atom. The topological polar surface area (TPSA) is 26.3 Å². The van der Waals surface area contributed by atoms with Crippen LogP contribution >= 0.6 is 0 Å². The van der Waals surface area contributed by atoms with Gasteiger partial charge in [0.1, 0.15) is 5.60 Å². The van der Waals surface area contributed by atoms with E-state index in [0.29, 0.717) is 11.8 Å². The molecule has 0 aromatic carbocycles. The van der Waals surface area contributed by atoms with Gasteiger partial charge in [0.15, 0.2) is 0 Å². The summed E-state index contributed by atoms with van der Waals surface area (Å²) in [4.78, 5) is 12.9. The minimum Gasteiger partial charge on any atom is -0.459 e. The SMILES string of the molecule is C[C@@]1(OC(=O)C2C[C@H]3CC[C@@H]2C3)C[C@@H]2C[C@H]1[C@@H]1[C@@H]3CC[C@@H](C3)[C@H]21. The van der Waals surface area contributed by atoms with Crippen molar-refractivity contribution in [1.29, 1.82) is 0 Å². The predicted octanol–water partition coefficient (Wildman–Crippen LogP) is 4.43. The lowest BCUT2D eigenvalue weighted by atomic mass is 9.66. The molecule has 2 heteroatoms. The summed E-state index contributed by atoms with van der Waals surface area (Å²) in [5, 5.41) is 0. The van der Waals surface area contributed by atoms with Crippen LogP contribution in [0, 0.1) is 53.3 Å². The van der Waals surface area contributed by atoms with E-state index in [-0.39, 0.29) is 17.5 Å². The molecule has 10 atom stereocenters. The molecule has 0 radical (unpaired) electrons. The lowest BCUT2D eigenvalue weighted by Gasteiger charge is -2.44. The Balaban J connectivity index is 1.22. The summed E-state index contributed by atoms with van der Waals surface area (Å²) in [6, 6.07) is 0. The first kappa shape index (κ1) is 13.7. The fourth-order valence-corrected chi connectivity index (χ4v) is 8.82. The fourth-order valence-electron chi connectivity index (χ4n) is 8.82. The largest absolute Gasteiger partial charge is 0.459 e. The van der Waals surface area contributed by atoms with Gasteiger partial charge in [-0.2, -0.15) is 0 Å². The molecule has 0 saturated heterocycles. The molecule has 0 heterocycles. The van der Waals surface area contributed by atoms with E-state index in [1.54, 1.807) is 0 Å². The first-order chi connectivity index (χ1) is 11.1. The molecule has 6 aliphatic rings. The maximum Gasteiger partial charge on any atom is 0.309 e. The molecule has 23 heavy (non-hydrogen) atoms. The highest BCUT2D eigenvalue weighted by molar-refractivity contribution is 5.74. The van der Waals surface area contributed by atoms with Gasteiger partial charge in [-0.05, 0) is 99.7 Å². The maximum atomic E-state index is 12.9. The zero-order valence-corrected chi connectivity index (χ0v) is 14.4. The van der Waals surface area contributed by atoms with Gasteiger partial charge in [0, 0.05) is 5.92 Å². The first-order valence-corrected chi connectivity index (χ1v) is 10.4. The van der Waals surface area contributed by atoms with Crippen LogP contribution in [0.1, 0.15) is 64.7 Å². The third-order valence-electron chi connectivity index (χ3n) is 9.44. The van der Waals surface area contributed by atoms with Crippen molar-refractivity contribution in [3.05, 3.63) is 0 Å². The Labute approximate surface area is 139 Å². The number of rotatable bonds is 2. The van der Waals surface area contributed by atoms with Crippen LogP contribution in [-0.4, -0.2) is 11.6 Å². The van der Waals surface area contributed by atoms with Crippen molar-refractivity contribution in [2.75, 3.05) is 0 Å². The van der Waals surface area contributed by atoms with Gasteiger partial charge < -0.3 is 4.74 Å². The summed E-state index contributed by atoms with van der Waals surface area (Å²) in [6.45, 7) is 2.30. The smallest absolute Gasteiger partial charge is 0.309 e. The number of carbonyl (C=O) groups excluding carboxylic acids is 1. The van der Waals surface area contributed by atoms with E-state index in [1.165, 1.54) is 51.4 Å². The quantitative estimate of drug-likeness (QED) is 0.557. The molecule has 6 aliphatic carbocycles. The third kappa shape index (κ3) is 1.69. The molecule has 0 aromatic rings. The highest BCUT2D eigenvalue weighted by Crippen LogP contribution is 2.70. The molecular weight excluding hydrogens is 284 g/mol. The minimum absolute atomic E-state index is 0.116. The summed E-state index contributed by atoms with van der Waals surface area (Å²) in [6.07, 6.45) is 12.1. The molecule has 0 N–H and O–H groups in total. The van der Waals surface area contributed by atoms with E-state index in [1.807, 2.05) is 0 Å². The van der Waals surface area contributed by atoms with E-state index < -0.39 is 0 Å². The van der Waals surface area contributed by atoms with Crippen LogP contribution < -0.4 is 0 Å². The summed E-state index contributed by atoms with van der Waals surface area (Å²) in [7, 11) is 0. The van der Waals surface area contributed by atoms with Crippen molar-refractivity contribution in [2.24, 2.45) is 53.3 Å². The van der Waals surface area contributed by atoms with Gasteiger partial charge in [0.25, 0.3) is 0 Å². The van der Waals surface area contributed by atoms with Gasteiger partial charge in [-0.1, -0.05) is 6.42 Å². The van der Waals surface area contributed by atoms with E-state index in [2.05, 4.69) is 6.92 Å². The van der Waals surface area contributed by atoms with Gasteiger partial charge in [-0.15, -0.1) is 0 Å². The maximum absolute atomic E-state index is 12.9. The molecule has 6 fully saturated rings. The standard InChI is InChI=1S/C21H30O2/c1-21(23-20(22)16-7-11-2-3-12(16)6-11)10-15-9-17(21)19-14-5-4-13(8-14)18(15)19/h11-19H,2-10H2,1H3/t11-,12+,13-,14+,15-,16?,17-,18+,19-,21+/m0/s1. The molecule has 0 aromatic heterocycles. The number of hydrogen-bond donors (Lipinski definition) is 0. The van der Waals surface area contributed by atoms with Gasteiger partial charge in [-0.25, -0.2) is 0 Å². The van der Waals surface area contributed by atoms with Crippen molar-refractivity contribution >= 4 is 5.97 Å². The third-order valence-corrected chi connectivity index (χ3v) is 9.44. The molecule has 0 spiro atoms. The van der Waals surface area contributed by atoms with E-state index >= 15 is 0 Å². The summed E-state index contributed by atoms with van der Waals surface area (Å²) in [5.74, 6) is 7.41. The fraction of sp³-hybridized carbons (Fsp3) is 0.952. The number of ether oxygens (including phenoxy) is 1. The predicted molar refractivity (Wildman–Crippen MR) is 87.5 cm³/mol. The van der Waals surface area contributed by atoms with Gasteiger partial charge in [-0.3, -0.25) is 4.79 Å². The van der Waals surface area contributed by atoms with E-state index in [4.69, 9.17) is 4.74 Å². The van der Waals surface area contributed by atoms with Crippen molar-refractivity contribution in [3.63, 3.8) is 0 Å². The van der Waals surface area contributed by atoms with Crippen molar-refractivity contribution in [1.82, 2.24) is 0 Å². The number of carbonyl (C=O) groups is 1. The lowest BCUT2D eigenvalue weighted by molar-refractivity contribution is -0.175. The van der Waals surface area contributed by atoms with Crippen molar-refractivity contribution < 1.29 is 9.53 Å². The number of esters is 1. The van der Waals surface area contributed by atoms with Crippen LogP contribution in [0.4, 0.5) is 0 Å². The molecule has 6 saturated carbocycles. The van der Waals surface area contributed by atoms with Gasteiger partial charge in [0.2, 0.25) is 0 Å². The highest BCUT2D eigenvalue weighted by atomic mass is 16.6. The molecule has 2 nitrogen and oxygen atoms in total. The average molecular weight is 314 g/mol. The van der Waals surface area contributed by atoms with Gasteiger partial charge >= 0.3 is 5.97 Å². The Morgan fingerprint density at radius 3 is 2.39 bits per heavy atom. The Hall–Kier alpha value is -0.530. The zero-order chi connectivity index (χ0) is 15.3. The van der Waals surface area contributed by atoms with Crippen LogP contribution in [0.15, 0.2) is 0 Å². The number of fused-ring (bicyclic) bond motifs is 11. The second-order valence-electron chi connectivity index (χ2n) is 10.3. The molecule has 126 valence electrons. The monoisotopic (exact) mass is 314 g/mol.